The van der Waals surface area contributed by atoms with Crippen LogP contribution in [0.1, 0.15) is 44.3 Å². The van der Waals surface area contributed by atoms with Crippen molar-refractivity contribution in [1.29, 1.82) is 0 Å². The molecule has 3 N–H and O–H groups in total. The third-order valence-electron chi connectivity index (χ3n) is 5.06. The molecule has 2 amide bonds. The van der Waals surface area contributed by atoms with Crippen LogP contribution in [0.4, 0.5) is 10.7 Å². The van der Waals surface area contributed by atoms with Gasteiger partial charge in [-0.25, -0.2) is 0 Å². The highest BCUT2D eigenvalue weighted by atomic mass is 32.1. The van der Waals surface area contributed by atoms with Crippen molar-refractivity contribution in [3.05, 3.63) is 75.7 Å². The largest absolute Gasteiger partial charge is 0.508 e. The number of carbonyl (C=O) groups excluding carboxylic acids is 2. The topological polar surface area (TPSA) is 78.4 Å². The first-order valence-electron chi connectivity index (χ1n) is 9.03. The minimum atomic E-state index is -0.188. The van der Waals surface area contributed by atoms with E-state index in [0.717, 1.165) is 27.9 Å². The molecule has 3 aromatic rings. The normalized spacial score (nSPS) is 15.6. The van der Waals surface area contributed by atoms with Gasteiger partial charge in [-0.3, -0.25) is 9.59 Å². The SMILES string of the molecule is Cc1ccccc1NC(=O)c1sc2c(c1C)C(c1cccc(O)c1)CC(=O)N2. The maximum absolute atomic E-state index is 12.9. The number of anilines is 2. The number of amides is 2. The number of aryl methyl sites for hydroxylation is 1. The fraction of sp³-hybridized carbons (Fsp3) is 0.182. The van der Waals surface area contributed by atoms with Crippen molar-refractivity contribution < 1.29 is 14.7 Å². The highest BCUT2D eigenvalue weighted by Crippen LogP contribution is 2.45. The highest BCUT2D eigenvalue weighted by molar-refractivity contribution is 7.18. The summed E-state index contributed by atoms with van der Waals surface area (Å²) in [5.41, 5.74) is 4.43. The van der Waals surface area contributed by atoms with Crippen molar-refractivity contribution in [1.82, 2.24) is 0 Å². The second-order valence-electron chi connectivity index (χ2n) is 6.97. The van der Waals surface area contributed by atoms with Gasteiger partial charge in [-0.15, -0.1) is 11.3 Å². The van der Waals surface area contributed by atoms with Gasteiger partial charge in [0.25, 0.3) is 5.91 Å². The summed E-state index contributed by atoms with van der Waals surface area (Å²) in [5, 5.41) is 16.4. The first kappa shape index (κ1) is 18.3. The first-order chi connectivity index (χ1) is 13.4. The molecule has 1 aliphatic rings. The second kappa shape index (κ2) is 7.13. The van der Waals surface area contributed by atoms with Crippen LogP contribution < -0.4 is 10.6 Å². The molecule has 142 valence electrons. The Morgan fingerprint density at radius 2 is 1.96 bits per heavy atom. The van der Waals surface area contributed by atoms with Crippen LogP contribution in [0, 0.1) is 13.8 Å². The maximum Gasteiger partial charge on any atom is 0.266 e. The summed E-state index contributed by atoms with van der Waals surface area (Å²) < 4.78 is 0. The Morgan fingerprint density at radius 3 is 2.71 bits per heavy atom. The third-order valence-corrected chi connectivity index (χ3v) is 6.28. The van der Waals surface area contributed by atoms with Crippen LogP contribution in [0.15, 0.2) is 48.5 Å². The first-order valence-corrected chi connectivity index (χ1v) is 9.84. The monoisotopic (exact) mass is 392 g/mol. The Morgan fingerprint density at radius 1 is 1.18 bits per heavy atom. The van der Waals surface area contributed by atoms with Gasteiger partial charge in [0, 0.05) is 18.0 Å². The standard InChI is InChI=1S/C22H20N2O3S/c1-12-6-3-4-9-17(12)23-21(27)20-13(2)19-16(11-18(26)24-22(19)28-20)14-7-5-8-15(25)10-14/h3-10,16,25H,11H2,1-2H3,(H,23,27)(H,24,26). The van der Waals surface area contributed by atoms with Crippen molar-refractivity contribution in [2.75, 3.05) is 10.6 Å². The van der Waals surface area contributed by atoms with Crippen molar-refractivity contribution >= 4 is 33.8 Å². The molecule has 1 atom stereocenters. The minimum absolute atomic E-state index is 0.0899. The summed E-state index contributed by atoms with van der Waals surface area (Å²) >= 11 is 1.30. The minimum Gasteiger partial charge on any atom is -0.508 e. The number of hydrogen-bond donors (Lipinski definition) is 3. The van der Waals surface area contributed by atoms with E-state index in [1.165, 1.54) is 11.3 Å². The summed E-state index contributed by atoms with van der Waals surface area (Å²) in [4.78, 5) is 25.8. The molecule has 6 heteroatoms. The fourth-order valence-corrected chi connectivity index (χ4v) is 4.82. The number of thiophene rings is 1. The van der Waals surface area contributed by atoms with Gasteiger partial charge in [0.1, 0.15) is 5.75 Å². The van der Waals surface area contributed by atoms with Gasteiger partial charge < -0.3 is 15.7 Å². The van der Waals surface area contributed by atoms with Crippen LogP contribution in [0.5, 0.6) is 5.75 Å². The summed E-state index contributed by atoms with van der Waals surface area (Å²) in [7, 11) is 0. The van der Waals surface area contributed by atoms with Gasteiger partial charge in [-0.1, -0.05) is 30.3 Å². The fourth-order valence-electron chi connectivity index (χ4n) is 3.64. The van der Waals surface area contributed by atoms with E-state index in [2.05, 4.69) is 10.6 Å². The van der Waals surface area contributed by atoms with Gasteiger partial charge in [0.2, 0.25) is 5.91 Å². The molecule has 0 saturated heterocycles. The Hall–Kier alpha value is -3.12. The van der Waals surface area contributed by atoms with Crippen LogP contribution in [-0.4, -0.2) is 16.9 Å². The van der Waals surface area contributed by atoms with E-state index in [-0.39, 0.29) is 29.9 Å². The molecule has 0 aliphatic carbocycles. The number of phenolic OH excluding ortho intramolecular Hbond substituents is 1. The van der Waals surface area contributed by atoms with Crippen LogP contribution in [0.3, 0.4) is 0 Å². The van der Waals surface area contributed by atoms with Gasteiger partial charge in [-0.2, -0.15) is 0 Å². The number of fused-ring (bicyclic) bond motifs is 1. The molecular formula is C22H20N2O3S. The molecule has 28 heavy (non-hydrogen) atoms. The lowest BCUT2D eigenvalue weighted by atomic mass is 9.85. The van der Waals surface area contributed by atoms with Crippen LogP contribution in [0.2, 0.25) is 0 Å². The van der Waals surface area contributed by atoms with E-state index >= 15 is 0 Å². The smallest absolute Gasteiger partial charge is 0.266 e. The van der Waals surface area contributed by atoms with Crippen LogP contribution >= 0.6 is 11.3 Å². The van der Waals surface area contributed by atoms with E-state index < -0.39 is 0 Å². The Bertz CT molecular complexity index is 1090. The molecule has 0 saturated carbocycles. The number of hydrogen-bond acceptors (Lipinski definition) is 4. The Kier molecular flexibility index (Phi) is 4.65. The van der Waals surface area contributed by atoms with Crippen LogP contribution in [-0.2, 0) is 4.79 Å². The predicted molar refractivity (Wildman–Crippen MR) is 111 cm³/mol. The molecule has 4 rings (SSSR count). The summed E-state index contributed by atoms with van der Waals surface area (Å²) in [6, 6.07) is 14.6. The molecule has 1 aliphatic heterocycles. The number of aromatic hydroxyl groups is 1. The van der Waals surface area contributed by atoms with Crippen molar-refractivity contribution in [3.8, 4) is 5.75 Å². The number of para-hydroxylation sites is 1. The molecule has 0 radical (unpaired) electrons. The Balaban J connectivity index is 1.73. The van der Waals surface area contributed by atoms with Gasteiger partial charge in [-0.05, 0) is 54.3 Å². The third kappa shape index (κ3) is 3.27. The quantitative estimate of drug-likeness (QED) is 0.599. The number of rotatable bonds is 3. The summed E-state index contributed by atoms with van der Waals surface area (Å²) in [6.45, 7) is 3.86. The van der Waals surface area contributed by atoms with Gasteiger partial charge >= 0.3 is 0 Å². The summed E-state index contributed by atoms with van der Waals surface area (Å²) in [6.07, 6.45) is 0.285. The molecule has 0 bridgehead atoms. The van der Waals surface area contributed by atoms with E-state index in [9.17, 15) is 14.7 Å². The molecule has 0 fully saturated rings. The van der Waals surface area contributed by atoms with Crippen molar-refractivity contribution in [2.45, 2.75) is 26.2 Å². The summed E-state index contributed by atoms with van der Waals surface area (Å²) in [5.74, 6) is -0.300. The zero-order valence-electron chi connectivity index (χ0n) is 15.6. The molecule has 1 aromatic heterocycles. The number of carbonyl (C=O) groups is 2. The lowest BCUT2D eigenvalue weighted by molar-refractivity contribution is -0.116. The zero-order chi connectivity index (χ0) is 19.8. The van der Waals surface area contributed by atoms with Gasteiger partial charge in [0.05, 0.1) is 9.88 Å². The lowest BCUT2D eigenvalue weighted by Gasteiger charge is -2.24. The average Bonchev–Trinajstić information content (AvgIpc) is 2.99. The van der Waals surface area contributed by atoms with Gasteiger partial charge in [0.15, 0.2) is 0 Å². The average molecular weight is 392 g/mol. The Labute approximate surface area is 167 Å². The second-order valence-corrected chi connectivity index (χ2v) is 7.99. The molecule has 0 spiro atoms. The number of benzene rings is 2. The van der Waals surface area contributed by atoms with E-state index in [1.54, 1.807) is 18.2 Å². The van der Waals surface area contributed by atoms with Crippen LogP contribution in [0.25, 0.3) is 0 Å². The maximum atomic E-state index is 12.9. The number of nitrogens with one attached hydrogen (secondary N) is 2. The van der Waals surface area contributed by atoms with E-state index in [0.29, 0.717) is 9.88 Å². The lowest BCUT2D eigenvalue weighted by Crippen LogP contribution is -2.22. The molecule has 2 aromatic carbocycles. The van der Waals surface area contributed by atoms with Crippen molar-refractivity contribution in [3.63, 3.8) is 0 Å². The molecular weight excluding hydrogens is 372 g/mol. The van der Waals surface area contributed by atoms with E-state index in [1.807, 2.05) is 44.2 Å². The van der Waals surface area contributed by atoms with E-state index in [4.69, 9.17) is 0 Å². The molecule has 5 nitrogen and oxygen atoms in total. The molecule has 2 heterocycles. The zero-order valence-corrected chi connectivity index (χ0v) is 16.4. The highest BCUT2D eigenvalue weighted by Gasteiger charge is 2.33. The number of phenols is 1. The van der Waals surface area contributed by atoms with Crippen molar-refractivity contribution in [2.24, 2.45) is 0 Å². The predicted octanol–water partition coefficient (Wildman–Crippen LogP) is 4.80. The molecule has 1 unspecified atom stereocenters.